The van der Waals surface area contributed by atoms with Gasteiger partial charge < -0.3 is 5.32 Å². The summed E-state index contributed by atoms with van der Waals surface area (Å²) in [5.41, 5.74) is 3.23. The van der Waals surface area contributed by atoms with Gasteiger partial charge in [-0.15, -0.1) is 0 Å². The minimum Gasteiger partial charge on any atom is -0.338 e. The Morgan fingerprint density at radius 3 is 2.67 bits per heavy atom. The van der Waals surface area contributed by atoms with E-state index in [9.17, 15) is 10.1 Å². The first-order valence-electron chi connectivity index (χ1n) is 8.62. The molecule has 0 atom stereocenters. The molecule has 1 amide bonds. The number of pyridine rings is 1. The van der Waals surface area contributed by atoms with E-state index in [1.165, 1.54) is 0 Å². The minimum atomic E-state index is -0.679. The number of nitrogens with one attached hydrogen (secondary N) is 1. The summed E-state index contributed by atoms with van der Waals surface area (Å²) in [7, 11) is 0. The SMILES string of the molecule is Cc1nc2ccccc2c(C)c1CC(=O)NC1(C#N)CCCCC1. The van der Waals surface area contributed by atoms with Crippen molar-refractivity contribution in [2.45, 2.75) is 57.9 Å². The summed E-state index contributed by atoms with van der Waals surface area (Å²) in [5, 5.41) is 13.6. The van der Waals surface area contributed by atoms with Gasteiger partial charge in [-0.05, 0) is 43.9 Å². The fourth-order valence-corrected chi connectivity index (χ4v) is 3.72. The molecular formula is C20H23N3O. The van der Waals surface area contributed by atoms with Crippen molar-refractivity contribution in [2.75, 3.05) is 0 Å². The summed E-state index contributed by atoms with van der Waals surface area (Å²) in [6, 6.07) is 10.3. The standard InChI is InChI=1S/C20H23N3O/c1-14-16-8-4-5-9-18(16)22-15(2)17(14)12-19(24)23-20(13-21)10-6-3-7-11-20/h4-5,8-9H,3,6-7,10-12H2,1-2H3,(H,23,24). The van der Waals surface area contributed by atoms with Gasteiger partial charge in [-0.25, -0.2) is 0 Å². The molecule has 0 bridgehead atoms. The highest BCUT2D eigenvalue weighted by molar-refractivity contribution is 5.86. The van der Waals surface area contributed by atoms with Gasteiger partial charge in [0.2, 0.25) is 5.91 Å². The number of aryl methyl sites for hydroxylation is 2. The van der Waals surface area contributed by atoms with Crippen LogP contribution in [0, 0.1) is 25.2 Å². The minimum absolute atomic E-state index is 0.0817. The predicted molar refractivity (Wildman–Crippen MR) is 94.5 cm³/mol. The zero-order chi connectivity index (χ0) is 17.2. The molecule has 2 aromatic rings. The molecule has 3 rings (SSSR count). The molecule has 1 aromatic heterocycles. The van der Waals surface area contributed by atoms with Crippen LogP contribution in [0.15, 0.2) is 24.3 Å². The monoisotopic (exact) mass is 321 g/mol. The van der Waals surface area contributed by atoms with Crippen LogP contribution in [-0.2, 0) is 11.2 Å². The second kappa shape index (κ2) is 6.60. The van der Waals surface area contributed by atoms with Crippen molar-refractivity contribution >= 4 is 16.8 Å². The number of fused-ring (bicyclic) bond motifs is 1. The first-order valence-corrected chi connectivity index (χ1v) is 8.62. The summed E-state index contributed by atoms with van der Waals surface area (Å²) in [5.74, 6) is -0.0817. The number of nitriles is 1. The van der Waals surface area contributed by atoms with E-state index in [4.69, 9.17) is 0 Å². The largest absolute Gasteiger partial charge is 0.338 e. The van der Waals surface area contributed by atoms with E-state index >= 15 is 0 Å². The van der Waals surface area contributed by atoms with Crippen molar-refractivity contribution < 1.29 is 4.79 Å². The van der Waals surface area contributed by atoms with E-state index in [0.717, 1.165) is 59.8 Å². The number of benzene rings is 1. The molecule has 1 aromatic carbocycles. The molecule has 0 unspecified atom stereocenters. The molecule has 4 nitrogen and oxygen atoms in total. The molecule has 0 radical (unpaired) electrons. The van der Waals surface area contributed by atoms with Crippen molar-refractivity contribution in [3.05, 3.63) is 41.1 Å². The van der Waals surface area contributed by atoms with E-state index in [1.54, 1.807) is 0 Å². The van der Waals surface area contributed by atoms with Crippen LogP contribution in [0.1, 0.15) is 48.9 Å². The summed E-state index contributed by atoms with van der Waals surface area (Å²) in [6.07, 6.45) is 4.93. The van der Waals surface area contributed by atoms with Gasteiger partial charge in [0.15, 0.2) is 0 Å². The lowest BCUT2D eigenvalue weighted by molar-refractivity contribution is -0.122. The number of nitrogens with zero attached hydrogens (tertiary/aromatic N) is 2. The molecule has 1 fully saturated rings. The first-order chi connectivity index (χ1) is 11.5. The lowest BCUT2D eigenvalue weighted by Gasteiger charge is -2.31. The Hall–Kier alpha value is -2.41. The molecule has 0 saturated heterocycles. The molecular weight excluding hydrogens is 298 g/mol. The summed E-state index contributed by atoms with van der Waals surface area (Å²) < 4.78 is 0. The third kappa shape index (κ3) is 3.12. The normalized spacial score (nSPS) is 16.5. The maximum atomic E-state index is 12.6. The fourth-order valence-electron chi connectivity index (χ4n) is 3.72. The summed E-state index contributed by atoms with van der Waals surface area (Å²) in [4.78, 5) is 17.2. The number of rotatable bonds is 3. The van der Waals surface area contributed by atoms with Gasteiger partial charge >= 0.3 is 0 Å². The molecule has 0 aliphatic heterocycles. The van der Waals surface area contributed by atoms with Gasteiger partial charge in [-0.2, -0.15) is 5.26 Å². The smallest absolute Gasteiger partial charge is 0.225 e. The van der Waals surface area contributed by atoms with Crippen molar-refractivity contribution in [1.82, 2.24) is 10.3 Å². The zero-order valence-corrected chi connectivity index (χ0v) is 14.4. The van der Waals surface area contributed by atoms with E-state index in [-0.39, 0.29) is 12.3 Å². The molecule has 1 N–H and O–H groups in total. The number of carbonyl (C=O) groups is 1. The number of carbonyl (C=O) groups excluding carboxylic acids is 1. The topological polar surface area (TPSA) is 65.8 Å². The Morgan fingerprint density at radius 1 is 1.25 bits per heavy atom. The quantitative estimate of drug-likeness (QED) is 0.936. The van der Waals surface area contributed by atoms with Crippen molar-refractivity contribution in [3.63, 3.8) is 0 Å². The van der Waals surface area contributed by atoms with Crippen LogP contribution in [0.5, 0.6) is 0 Å². The Bertz CT molecular complexity index is 813. The maximum absolute atomic E-state index is 12.6. The van der Waals surface area contributed by atoms with Gasteiger partial charge in [0.25, 0.3) is 0 Å². The van der Waals surface area contributed by atoms with Crippen LogP contribution in [0.2, 0.25) is 0 Å². The van der Waals surface area contributed by atoms with Crippen LogP contribution in [0.25, 0.3) is 10.9 Å². The first kappa shape index (κ1) is 16.4. The number of para-hydroxylation sites is 1. The van der Waals surface area contributed by atoms with E-state index in [2.05, 4.69) is 16.4 Å². The summed E-state index contributed by atoms with van der Waals surface area (Å²) in [6.45, 7) is 3.99. The Morgan fingerprint density at radius 2 is 1.96 bits per heavy atom. The van der Waals surface area contributed by atoms with Crippen molar-refractivity contribution in [1.29, 1.82) is 5.26 Å². The van der Waals surface area contributed by atoms with E-state index < -0.39 is 5.54 Å². The lowest BCUT2D eigenvalue weighted by atomic mass is 9.82. The molecule has 1 heterocycles. The molecule has 1 aliphatic carbocycles. The van der Waals surface area contributed by atoms with Crippen molar-refractivity contribution in [2.24, 2.45) is 0 Å². The second-order valence-corrected chi connectivity index (χ2v) is 6.80. The van der Waals surface area contributed by atoms with Crippen LogP contribution >= 0.6 is 0 Å². The molecule has 24 heavy (non-hydrogen) atoms. The molecule has 4 heteroatoms. The zero-order valence-electron chi connectivity index (χ0n) is 14.4. The van der Waals surface area contributed by atoms with E-state index in [1.807, 2.05) is 38.1 Å². The highest BCUT2D eigenvalue weighted by Crippen LogP contribution is 2.28. The van der Waals surface area contributed by atoms with Gasteiger partial charge in [-0.3, -0.25) is 9.78 Å². The number of amides is 1. The van der Waals surface area contributed by atoms with Crippen LogP contribution < -0.4 is 5.32 Å². The number of hydrogen-bond donors (Lipinski definition) is 1. The number of hydrogen-bond acceptors (Lipinski definition) is 3. The van der Waals surface area contributed by atoms with Gasteiger partial charge in [-0.1, -0.05) is 37.5 Å². The van der Waals surface area contributed by atoms with Crippen molar-refractivity contribution in [3.8, 4) is 6.07 Å². The van der Waals surface area contributed by atoms with Crippen LogP contribution in [-0.4, -0.2) is 16.4 Å². The van der Waals surface area contributed by atoms with Crippen LogP contribution in [0.4, 0.5) is 0 Å². The highest BCUT2D eigenvalue weighted by atomic mass is 16.1. The molecule has 124 valence electrons. The predicted octanol–water partition coefficient (Wildman–Crippen LogP) is 3.74. The van der Waals surface area contributed by atoms with E-state index in [0.29, 0.717) is 0 Å². The Kier molecular flexibility index (Phi) is 4.53. The average Bonchev–Trinajstić information content (AvgIpc) is 2.59. The van der Waals surface area contributed by atoms with Gasteiger partial charge in [0.1, 0.15) is 5.54 Å². The maximum Gasteiger partial charge on any atom is 0.225 e. The average molecular weight is 321 g/mol. The summed E-state index contributed by atoms with van der Waals surface area (Å²) >= 11 is 0. The third-order valence-corrected chi connectivity index (χ3v) is 5.12. The molecule has 1 saturated carbocycles. The van der Waals surface area contributed by atoms with Crippen LogP contribution in [0.3, 0.4) is 0 Å². The van der Waals surface area contributed by atoms with Gasteiger partial charge in [0, 0.05) is 11.1 Å². The second-order valence-electron chi connectivity index (χ2n) is 6.80. The highest BCUT2D eigenvalue weighted by Gasteiger charge is 2.33. The fraction of sp³-hybridized carbons (Fsp3) is 0.450. The van der Waals surface area contributed by atoms with Gasteiger partial charge in [0.05, 0.1) is 18.0 Å². The molecule has 1 aliphatic rings. The Balaban J connectivity index is 1.84. The third-order valence-electron chi connectivity index (χ3n) is 5.12. The molecule has 0 spiro atoms. The number of aromatic nitrogens is 1. The Labute approximate surface area is 142 Å². The lowest BCUT2D eigenvalue weighted by Crippen LogP contribution is -2.49.